The summed E-state index contributed by atoms with van der Waals surface area (Å²) in [5, 5.41) is 0. The van der Waals surface area contributed by atoms with E-state index >= 15 is 0 Å². The Morgan fingerprint density at radius 2 is 1.83 bits per heavy atom. The van der Waals surface area contributed by atoms with Gasteiger partial charge in [0, 0.05) is 31.2 Å². The molecule has 0 bridgehead atoms. The number of ether oxygens (including phenoxy) is 1. The number of benzene rings is 1. The number of aromatic nitrogens is 3. The maximum atomic E-state index is 5.66. The van der Waals surface area contributed by atoms with Crippen molar-refractivity contribution < 1.29 is 4.74 Å². The van der Waals surface area contributed by atoms with Crippen molar-refractivity contribution in [1.29, 1.82) is 0 Å². The van der Waals surface area contributed by atoms with Gasteiger partial charge in [0.2, 0.25) is 5.88 Å². The fourth-order valence-electron chi connectivity index (χ4n) is 2.40. The van der Waals surface area contributed by atoms with Gasteiger partial charge in [0.1, 0.15) is 5.75 Å². The second-order valence-corrected chi connectivity index (χ2v) is 5.64. The fourth-order valence-corrected chi connectivity index (χ4v) is 2.40. The molecule has 5 heteroatoms. The minimum Gasteiger partial charge on any atom is -0.438 e. The van der Waals surface area contributed by atoms with Gasteiger partial charge in [-0.2, -0.15) is 0 Å². The molecule has 3 aromatic rings. The van der Waals surface area contributed by atoms with Crippen molar-refractivity contribution in [2.45, 2.75) is 19.5 Å². The number of hydrogen-bond acceptors (Lipinski definition) is 5. The van der Waals surface area contributed by atoms with Crippen molar-refractivity contribution in [3.05, 3.63) is 78.5 Å². The molecule has 0 unspecified atom stereocenters. The van der Waals surface area contributed by atoms with E-state index in [1.807, 2.05) is 30.5 Å². The molecule has 0 saturated heterocycles. The maximum Gasteiger partial charge on any atom is 0.237 e. The predicted octanol–water partition coefficient (Wildman–Crippen LogP) is 3.86. The van der Waals surface area contributed by atoms with E-state index in [1.54, 1.807) is 18.6 Å². The van der Waals surface area contributed by atoms with Crippen LogP contribution in [0.25, 0.3) is 0 Å². The summed E-state index contributed by atoms with van der Waals surface area (Å²) in [4.78, 5) is 14.8. The van der Waals surface area contributed by atoms with E-state index < -0.39 is 0 Å². The highest BCUT2D eigenvalue weighted by molar-refractivity contribution is 5.30. The van der Waals surface area contributed by atoms with Crippen molar-refractivity contribution in [2.75, 3.05) is 7.05 Å². The third kappa shape index (κ3) is 4.14. The predicted molar refractivity (Wildman–Crippen MR) is 92.7 cm³/mol. The van der Waals surface area contributed by atoms with E-state index in [4.69, 9.17) is 4.74 Å². The van der Waals surface area contributed by atoms with Crippen molar-refractivity contribution in [2.24, 2.45) is 0 Å². The quantitative estimate of drug-likeness (QED) is 0.690. The SMILES string of the molecule is C[C@H](c1ccccn1)N(C)Cc1ccc(Oc2cnccn2)cc1. The molecule has 24 heavy (non-hydrogen) atoms. The number of pyridine rings is 1. The lowest BCUT2D eigenvalue weighted by Crippen LogP contribution is -2.22. The van der Waals surface area contributed by atoms with Gasteiger partial charge in [-0.05, 0) is 43.8 Å². The largest absolute Gasteiger partial charge is 0.438 e. The molecule has 0 N–H and O–H groups in total. The Balaban J connectivity index is 1.61. The topological polar surface area (TPSA) is 51.1 Å². The van der Waals surface area contributed by atoms with Crippen LogP contribution >= 0.6 is 0 Å². The lowest BCUT2D eigenvalue weighted by atomic mass is 10.1. The maximum absolute atomic E-state index is 5.66. The summed E-state index contributed by atoms with van der Waals surface area (Å²) >= 11 is 0. The average Bonchev–Trinajstić information content (AvgIpc) is 2.64. The molecule has 0 spiro atoms. The molecule has 0 amide bonds. The third-order valence-corrected chi connectivity index (χ3v) is 3.89. The highest BCUT2D eigenvalue weighted by Gasteiger charge is 2.12. The van der Waals surface area contributed by atoms with Crippen LogP contribution in [0.15, 0.2) is 67.3 Å². The Hall–Kier alpha value is -2.79. The zero-order valence-electron chi connectivity index (χ0n) is 13.8. The molecule has 2 aromatic heterocycles. The van der Waals surface area contributed by atoms with Gasteiger partial charge < -0.3 is 4.74 Å². The van der Waals surface area contributed by atoms with Crippen LogP contribution in [0.5, 0.6) is 11.6 Å². The lowest BCUT2D eigenvalue weighted by Gasteiger charge is -2.24. The molecule has 0 radical (unpaired) electrons. The van der Waals surface area contributed by atoms with E-state index in [9.17, 15) is 0 Å². The van der Waals surface area contributed by atoms with E-state index in [0.29, 0.717) is 5.88 Å². The van der Waals surface area contributed by atoms with Crippen LogP contribution in [0.2, 0.25) is 0 Å². The first kappa shape index (κ1) is 16.1. The third-order valence-electron chi connectivity index (χ3n) is 3.89. The van der Waals surface area contributed by atoms with Crippen molar-refractivity contribution in [3.8, 4) is 11.6 Å². The Kier molecular flexibility index (Phi) is 5.13. The molecule has 0 saturated carbocycles. The first-order valence-electron chi connectivity index (χ1n) is 7.86. The standard InChI is InChI=1S/C19H20N4O/c1-15(18-5-3-4-10-21-18)23(2)14-16-6-8-17(9-7-16)24-19-13-20-11-12-22-19/h3-13,15H,14H2,1-2H3/t15-/m1/s1. The summed E-state index contributed by atoms with van der Waals surface area (Å²) in [5.74, 6) is 1.24. The van der Waals surface area contributed by atoms with Crippen LogP contribution in [0.1, 0.15) is 24.2 Å². The van der Waals surface area contributed by atoms with Crippen LogP contribution in [0.4, 0.5) is 0 Å². The Labute approximate surface area is 142 Å². The smallest absolute Gasteiger partial charge is 0.237 e. The second-order valence-electron chi connectivity index (χ2n) is 5.64. The molecule has 5 nitrogen and oxygen atoms in total. The van der Waals surface area contributed by atoms with Gasteiger partial charge in [0.05, 0.1) is 11.9 Å². The normalized spacial score (nSPS) is 12.1. The molecule has 1 atom stereocenters. The van der Waals surface area contributed by atoms with Gasteiger partial charge >= 0.3 is 0 Å². The van der Waals surface area contributed by atoms with E-state index in [2.05, 4.69) is 52.0 Å². The highest BCUT2D eigenvalue weighted by atomic mass is 16.5. The fraction of sp³-hybridized carbons (Fsp3) is 0.211. The van der Waals surface area contributed by atoms with Crippen LogP contribution in [-0.4, -0.2) is 26.9 Å². The molecule has 0 aliphatic heterocycles. The summed E-state index contributed by atoms with van der Waals surface area (Å²) in [6.45, 7) is 3.00. The molecule has 122 valence electrons. The average molecular weight is 320 g/mol. The van der Waals surface area contributed by atoms with Crippen LogP contribution < -0.4 is 4.74 Å². The molecule has 0 aliphatic rings. The minimum absolute atomic E-state index is 0.252. The molecule has 2 heterocycles. The van der Waals surface area contributed by atoms with E-state index in [0.717, 1.165) is 18.0 Å². The van der Waals surface area contributed by atoms with Crippen molar-refractivity contribution >= 4 is 0 Å². The summed E-state index contributed by atoms with van der Waals surface area (Å²) < 4.78 is 5.66. The molecular formula is C19H20N4O. The number of nitrogens with zero attached hydrogens (tertiary/aromatic N) is 4. The van der Waals surface area contributed by atoms with Gasteiger partial charge in [-0.25, -0.2) is 4.98 Å². The minimum atomic E-state index is 0.252. The van der Waals surface area contributed by atoms with Crippen molar-refractivity contribution in [3.63, 3.8) is 0 Å². The van der Waals surface area contributed by atoms with E-state index in [1.165, 1.54) is 5.56 Å². The number of rotatable bonds is 6. The van der Waals surface area contributed by atoms with Crippen LogP contribution in [0.3, 0.4) is 0 Å². The molecular weight excluding hydrogens is 300 g/mol. The first-order chi connectivity index (χ1) is 11.7. The summed E-state index contributed by atoms with van der Waals surface area (Å²) in [6.07, 6.45) is 6.65. The monoisotopic (exact) mass is 320 g/mol. The Morgan fingerprint density at radius 3 is 2.50 bits per heavy atom. The van der Waals surface area contributed by atoms with Crippen molar-refractivity contribution in [1.82, 2.24) is 19.9 Å². The first-order valence-corrected chi connectivity index (χ1v) is 7.86. The zero-order valence-corrected chi connectivity index (χ0v) is 13.8. The van der Waals surface area contributed by atoms with E-state index in [-0.39, 0.29) is 6.04 Å². The van der Waals surface area contributed by atoms with Gasteiger partial charge in [-0.1, -0.05) is 18.2 Å². The molecule has 1 aromatic carbocycles. The zero-order chi connectivity index (χ0) is 16.8. The molecule has 0 aliphatic carbocycles. The van der Waals surface area contributed by atoms with Gasteiger partial charge in [-0.15, -0.1) is 0 Å². The summed E-state index contributed by atoms with van der Waals surface area (Å²) in [5.41, 5.74) is 2.29. The van der Waals surface area contributed by atoms with Crippen LogP contribution in [0, 0.1) is 0 Å². The highest BCUT2D eigenvalue weighted by Crippen LogP contribution is 2.22. The van der Waals surface area contributed by atoms with Gasteiger partial charge in [0.25, 0.3) is 0 Å². The molecule has 3 rings (SSSR count). The Bertz CT molecular complexity index is 747. The second kappa shape index (κ2) is 7.66. The van der Waals surface area contributed by atoms with Gasteiger partial charge in [-0.3, -0.25) is 14.9 Å². The molecule has 0 fully saturated rings. The Morgan fingerprint density at radius 1 is 1.00 bits per heavy atom. The van der Waals surface area contributed by atoms with Gasteiger partial charge in [0.15, 0.2) is 0 Å². The van der Waals surface area contributed by atoms with Crippen LogP contribution in [-0.2, 0) is 6.54 Å². The summed E-state index contributed by atoms with van der Waals surface area (Å²) in [7, 11) is 2.10. The lowest BCUT2D eigenvalue weighted by molar-refractivity contribution is 0.248. The number of hydrogen-bond donors (Lipinski definition) is 0. The summed E-state index contributed by atoms with van der Waals surface area (Å²) in [6, 6.07) is 14.3.